The van der Waals surface area contributed by atoms with Crippen molar-refractivity contribution in [2.24, 2.45) is 5.92 Å². The third kappa shape index (κ3) is 3.71. The van der Waals surface area contributed by atoms with Gasteiger partial charge in [-0.25, -0.2) is 4.98 Å². The third-order valence-electron chi connectivity index (χ3n) is 4.54. The monoisotopic (exact) mass is 343 g/mol. The van der Waals surface area contributed by atoms with Gasteiger partial charge in [0.1, 0.15) is 5.56 Å². The Balaban J connectivity index is 1.84. The first kappa shape index (κ1) is 17.2. The Kier molecular flexibility index (Phi) is 4.85. The zero-order valence-corrected chi connectivity index (χ0v) is 14.2. The number of aromatic amines is 1. The van der Waals surface area contributed by atoms with E-state index < -0.39 is 5.91 Å². The van der Waals surface area contributed by atoms with Gasteiger partial charge in [0, 0.05) is 30.2 Å². The Morgan fingerprint density at radius 1 is 1.44 bits per heavy atom. The van der Waals surface area contributed by atoms with Crippen LogP contribution in [0.5, 0.6) is 5.88 Å². The maximum atomic E-state index is 12.6. The summed E-state index contributed by atoms with van der Waals surface area (Å²) in [7, 11) is 1.53. The van der Waals surface area contributed by atoms with Crippen LogP contribution in [0.25, 0.3) is 0 Å². The predicted molar refractivity (Wildman–Crippen MR) is 91.5 cm³/mol. The summed E-state index contributed by atoms with van der Waals surface area (Å²) >= 11 is 0. The Hall–Kier alpha value is -2.67. The summed E-state index contributed by atoms with van der Waals surface area (Å²) in [5, 5.41) is 12.5. The summed E-state index contributed by atoms with van der Waals surface area (Å²) in [4.78, 5) is 31.7. The molecule has 1 aliphatic carbocycles. The smallest absolute Gasteiger partial charge is 0.257 e. The number of aliphatic hydroxyl groups is 1. The number of carbonyl (C=O) groups excluding carboxylic acids is 1. The summed E-state index contributed by atoms with van der Waals surface area (Å²) in [5.74, 6) is 0.139. The highest BCUT2D eigenvalue weighted by molar-refractivity contribution is 5.94. The van der Waals surface area contributed by atoms with Crippen molar-refractivity contribution in [2.75, 3.05) is 7.11 Å². The molecule has 132 valence electrons. The number of carbonyl (C=O) groups is 1. The average Bonchev–Trinajstić information content (AvgIpc) is 2.57. The van der Waals surface area contributed by atoms with E-state index in [0.717, 1.165) is 5.56 Å². The number of aromatic nitrogens is 2. The third-order valence-corrected chi connectivity index (χ3v) is 4.54. The first-order chi connectivity index (χ1) is 12.0. The molecular weight excluding hydrogens is 322 g/mol. The average molecular weight is 343 g/mol. The van der Waals surface area contributed by atoms with E-state index >= 15 is 0 Å². The van der Waals surface area contributed by atoms with Crippen LogP contribution < -0.4 is 15.5 Å². The Bertz CT molecular complexity index is 810. The van der Waals surface area contributed by atoms with E-state index in [0.29, 0.717) is 24.4 Å². The summed E-state index contributed by atoms with van der Waals surface area (Å²) in [6.07, 6.45) is 3.92. The van der Waals surface area contributed by atoms with Gasteiger partial charge in [0.05, 0.1) is 19.3 Å². The highest BCUT2D eigenvalue weighted by Gasteiger charge is 2.36. The number of hydrogen-bond acceptors (Lipinski definition) is 5. The van der Waals surface area contributed by atoms with Crippen LogP contribution in [0.1, 0.15) is 40.5 Å². The van der Waals surface area contributed by atoms with Crippen LogP contribution in [-0.2, 0) is 0 Å². The standard InChI is InChI=1S/C18H21N3O4/c1-10-5-15(23)14(9-19-10)18(24)21-17(12-6-13(22)7-12)11-3-4-16(25-2)20-8-11/h3-5,8-9,12-13,17,22H,6-7H2,1-2H3,(H,19,23)(H,21,24)/t12?,13?,17-/m0/s1. The van der Waals surface area contributed by atoms with Crippen molar-refractivity contribution >= 4 is 5.91 Å². The van der Waals surface area contributed by atoms with Crippen molar-refractivity contribution in [3.8, 4) is 5.88 Å². The van der Waals surface area contributed by atoms with Gasteiger partial charge in [-0.2, -0.15) is 0 Å². The lowest BCUT2D eigenvalue weighted by molar-refractivity contribution is 0.0234. The predicted octanol–water partition coefficient (Wildman–Crippen LogP) is 1.33. The Morgan fingerprint density at radius 3 is 2.76 bits per heavy atom. The minimum atomic E-state index is -0.441. The molecule has 7 heteroatoms. The first-order valence-corrected chi connectivity index (χ1v) is 8.16. The molecule has 7 nitrogen and oxygen atoms in total. The molecule has 3 rings (SSSR count). The van der Waals surface area contributed by atoms with Gasteiger partial charge in [0.15, 0.2) is 5.43 Å². The second-order valence-corrected chi connectivity index (χ2v) is 6.36. The van der Waals surface area contributed by atoms with Crippen LogP contribution in [0.3, 0.4) is 0 Å². The Labute approximate surface area is 145 Å². The lowest BCUT2D eigenvalue weighted by Crippen LogP contribution is -2.42. The number of methoxy groups -OCH3 is 1. The molecule has 0 aromatic carbocycles. The molecule has 0 spiro atoms. The van der Waals surface area contributed by atoms with E-state index in [4.69, 9.17) is 4.74 Å². The number of aryl methyl sites for hydroxylation is 1. The molecule has 2 aromatic heterocycles. The van der Waals surface area contributed by atoms with Gasteiger partial charge in [0.2, 0.25) is 5.88 Å². The van der Waals surface area contributed by atoms with Crippen molar-refractivity contribution in [1.82, 2.24) is 15.3 Å². The summed E-state index contributed by atoms with van der Waals surface area (Å²) in [6, 6.07) is 4.63. The van der Waals surface area contributed by atoms with Crippen LogP contribution >= 0.6 is 0 Å². The maximum Gasteiger partial charge on any atom is 0.257 e. The number of nitrogens with one attached hydrogen (secondary N) is 2. The fourth-order valence-electron chi connectivity index (χ4n) is 3.04. The number of ether oxygens (including phenoxy) is 1. The summed E-state index contributed by atoms with van der Waals surface area (Å²) < 4.78 is 5.06. The normalized spacial score (nSPS) is 20.4. The van der Waals surface area contributed by atoms with Gasteiger partial charge in [-0.3, -0.25) is 9.59 Å². The van der Waals surface area contributed by atoms with E-state index in [-0.39, 0.29) is 29.1 Å². The molecule has 1 aliphatic rings. The van der Waals surface area contributed by atoms with E-state index in [2.05, 4.69) is 15.3 Å². The van der Waals surface area contributed by atoms with Gasteiger partial charge >= 0.3 is 0 Å². The molecular formula is C18H21N3O4. The zero-order chi connectivity index (χ0) is 18.0. The quantitative estimate of drug-likeness (QED) is 0.760. The number of hydrogen-bond donors (Lipinski definition) is 3. The second kappa shape index (κ2) is 7.06. The van der Waals surface area contributed by atoms with Gasteiger partial charge in [-0.1, -0.05) is 6.07 Å². The number of nitrogens with zero attached hydrogens (tertiary/aromatic N) is 1. The van der Waals surface area contributed by atoms with Gasteiger partial charge in [0.25, 0.3) is 5.91 Å². The van der Waals surface area contributed by atoms with Gasteiger partial charge in [-0.05, 0) is 31.2 Å². The topological polar surface area (TPSA) is 104 Å². The van der Waals surface area contributed by atoms with Crippen LogP contribution in [-0.4, -0.2) is 34.2 Å². The van der Waals surface area contributed by atoms with Crippen molar-refractivity contribution in [1.29, 1.82) is 0 Å². The Morgan fingerprint density at radius 2 is 2.20 bits per heavy atom. The molecule has 3 N–H and O–H groups in total. The van der Waals surface area contributed by atoms with Crippen LogP contribution in [0.4, 0.5) is 0 Å². The van der Waals surface area contributed by atoms with E-state index in [1.54, 1.807) is 19.2 Å². The van der Waals surface area contributed by atoms with E-state index in [1.807, 2.05) is 6.07 Å². The molecule has 0 aliphatic heterocycles. The minimum absolute atomic E-state index is 0.0666. The number of H-pyrrole nitrogens is 1. The first-order valence-electron chi connectivity index (χ1n) is 8.16. The van der Waals surface area contributed by atoms with Crippen molar-refractivity contribution in [3.63, 3.8) is 0 Å². The molecule has 25 heavy (non-hydrogen) atoms. The number of rotatable bonds is 5. The van der Waals surface area contributed by atoms with Gasteiger partial charge < -0.3 is 20.1 Å². The lowest BCUT2D eigenvalue weighted by atomic mass is 9.75. The molecule has 1 amide bonds. The SMILES string of the molecule is COc1ccc([C@H](NC(=O)c2c[nH]c(C)cc2=O)C2CC(O)C2)cn1. The molecule has 2 aromatic rings. The van der Waals surface area contributed by atoms with Crippen LogP contribution in [0.2, 0.25) is 0 Å². The molecule has 2 heterocycles. The number of amides is 1. The second-order valence-electron chi connectivity index (χ2n) is 6.36. The maximum absolute atomic E-state index is 12.6. The van der Waals surface area contributed by atoms with Gasteiger partial charge in [-0.15, -0.1) is 0 Å². The van der Waals surface area contributed by atoms with Crippen molar-refractivity contribution in [2.45, 2.75) is 31.9 Å². The van der Waals surface area contributed by atoms with Crippen LogP contribution in [0, 0.1) is 12.8 Å². The largest absolute Gasteiger partial charge is 0.481 e. The number of aliphatic hydroxyl groups excluding tert-OH is 1. The molecule has 0 bridgehead atoms. The molecule has 0 radical (unpaired) electrons. The molecule has 1 fully saturated rings. The van der Waals surface area contributed by atoms with Crippen molar-refractivity contribution in [3.05, 3.63) is 57.6 Å². The molecule has 1 atom stereocenters. The minimum Gasteiger partial charge on any atom is -0.481 e. The fraction of sp³-hybridized carbons (Fsp3) is 0.389. The van der Waals surface area contributed by atoms with E-state index in [1.165, 1.54) is 19.4 Å². The molecule has 1 saturated carbocycles. The van der Waals surface area contributed by atoms with Crippen LogP contribution in [0.15, 0.2) is 35.4 Å². The number of pyridine rings is 2. The van der Waals surface area contributed by atoms with Crippen molar-refractivity contribution < 1.29 is 14.6 Å². The molecule has 0 saturated heterocycles. The highest BCUT2D eigenvalue weighted by atomic mass is 16.5. The van der Waals surface area contributed by atoms with E-state index in [9.17, 15) is 14.7 Å². The molecule has 0 unspecified atom stereocenters. The summed E-state index contributed by atoms with van der Waals surface area (Å²) in [6.45, 7) is 1.75. The zero-order valence-electron chi connectivity index (χ0n) is 14.2. The highest BCUT2D eigenvalue weighted by Crippen LogP contribution is 2.38. The fourth-order valence-corrected chi connectivity index (χ4v) is 3.04. The summed E-state index contributed by atoms with van der Waals surface area (Å²) in [5.41, 5.74) is 1.25. The lowest BCUT2D eigenvalue weighted by Gasteiger charge is -2.38.